The molecule has 21 heavy (non-hydrogen) atoms. The summed E-state index contributed by atoms with van der Waals surface area (Å²) in [6.45, 7) is 1.68. The van der Waals surface area contributed by atoms with Gasteiger partial charge in [0.05, 0.1) is 4.90 Å². The molecule has 1 rings (SSSR count). The van der Waals surface area contributed by atoms with E-state index in [4.69, 9.17) is 5.11 Å². The molecule has 116 valence electrons. The summed E-state index contributed by atoms with van der Waals surface area (Å²) in [6, 6.07) is 4.87. The number of nitrogens with one attached hydrogen (secondary N) is 1. The maximum Gasteiger partial charge on any atom is 0.240 e. The molecule has 0 saturated heterocycles. The third-order valence-electron chi connectivity index (χ3n) is 2.69. The van der Waals surface area contributed by atoms with Gasteiger partial charge in [0.15, 0.2) is 0 Å². The van der Waals surface area contributed by atoms with Gasteiger partial charge in [-0.3, -0.25) is 4.21 Å². The van der Waals surface area contributed by atoms with Crippen LogP contribution in [0.15, 0.2) is 23.1 Å². The van der Waals surface area contributed by atoms with Crippen molar-refractivity contribution in [1.29, 1.82) is 0 Å². The van der Waals surface area contributed by atoms with E-state index in [1.165, 1.54) is 6.07 Å². The van der Waals surface area contributed by atoms with E-state index in [1.54, 1.807) is 25.3 Å². The highest BCUT2D eigenvalue weighted by atomic mass is 32.2. The van der Waals surface area contributed by atoms with Crippen LogP contribution in [0.25, 0.3) is 0 Å². The molecular weight excluding hydrogens is 310 g/mol. The van der Waals surface area contributed by atoms with Crippen molar-refractivity contribution in [2.75, 3.05) is 25.2 Å². The molecule has 5 nitrogen and oxygen atoms in total. The highest BCUT2D eigenvalue weighted by Crippen LogP contribution is 2.16. The van der Waals surface area contributed by atoms with Crippen molar-refractivity contribution in [3.8, 4) is 11.8 Å². The van der Waals surface area contributed by atoms with Crippen LogP contribution in [0, 0.1) is 18.8 Å². The Morgan fingerprint density at radius 3 is 2.71 bits per heavy atom. The Balaban J connectivity index is 2.89. The Hall–Kier alpha value is -1.20. The fraction of sp³-hybridized carbons (Fsp3) is 0.429. The van der Waals surface area contributed by atoms with Crippen molar-refractivity contribution in [3.05, 3.63) is 29.3 Å². The van der Waals surface area contributed by atoms with E-state index in [0.717, 1.165) is 0 Å². The minimum absolute atomic E-state index is 0.171. The summed E-state index contributed by atoms with van der Waals surface area (Å²) in [6.07, 6.45) is 2.10. The van der Waals surface area contributed by atoms with Gasteiger partial charge in [0.25, 0.3) is 0 Å². The zero-order valence-corrected chi connectivity index (χ0v) is 13.7. The van der Waals surface area contributed by atoms with Gasteiger partial charge >= 0.3 is 0 Å². The predicted molar refractivity (Wildman–Crippen MR) is 83.9 cm³/mol. The van der Waals surface area contributed by atoms with Crippen LogP contribution in [0.5, 0.6) is 0 Å². The van der Waals surface area contributed by atoms with Crippen LogP contribution in [-0.2, 0) is 20.8 Å². The number of rotatable bonds is 6. The number of hydrogen-bond donors (Lipinski definition) is 2. The highest BCUT2D eigenvalue weighted by molar-refractivity contribution is 7.89. The molecule has 0 aliphatic heterocycles. The molecule has 0 aliphatic carbocycles. The van der Waals surface area contributed by atoms with Gasteiger partial charge in [-0.15, -0.1) is 0 Å². The summed E-state index contributed by atoms with van der Waals surface area (Å²) < 4.78 is 37.9. The van der Waals surface area contributed by atoms with Gasteiger partial charge in [0, 0.05) is 34.9 Å². The van der Waals surface area contributed by atoms with Gasteiger partial charge in [-0.05, 0) is 31.0 Å². The molecule has 0 radical (unpaired) electrons. The van der Waals surface area contributed by atoms with E-state index in [-0.39, 0.29) is 18.0 Å². The van der Waals surface area contributed by atoms with Crippen molar-refractivity contribution >= 4 is 20.8 Å². The third kappa shape index (κ3) is 5.98. The second-order valence-electron chi connectivity index (χ2n) is 4.47. The first-order chi connectivity index (χ1) is 9.86. The Morgan fingerprint density at radius 2 is 2.10 bits per heavy atom. The molecule has 1 atom stereocenters. The molecule has 0 aliphatic rings. The van der Waals surface area contributed by atoms with E-state index in [0.29, 0.717) is 23.3 Å². The molecule has 0 heterocycles. The lowest BCUT2D eigenvalue weighted by atomic mass is 10.1. The molecule has 0 bridgehead atoms. The van der Waals surface area contributed by atoms with E-state index in [2.05, 4.69) is 16.6 Å². The first kappa shape index (κ1) is 17.9. The molecule has 0 fully saturated rings. The molecule has 1 unspecified atom stereocenters. The standard InChI is InChI=1S/C14H19NO4S2/c1-12-6-7-13(5-3-9-16)11-14(12)21(18,19)15-8-4-10-20(2)17/h6-7,11,15-16H,4,8-10H2,1-2H3. The van der Waals surface area contributed by atoms with Gasteiger partial charge in [0.1, 0.15) is 6.61 Å². The zero-order chi connectivity index (χ0) is 15.9. The van der Waals surface area contributed by atoms with Crippen molar-refractivity contribution in [2.45, 2.75) is 18.2 Å². The summed E-state index contributed by atoms with van der Waals surface area (Å²) in [5, 5.41) is 8.67. The quantitative estimate of drug-likeness (QED) is 0.584. The second kappa shape index (κ2) is 8.29. The fourth-order valence-electron chi connectivity index (χ4n) is 1.67. The normalized spacial score (nSPS) is 12.5. The maximum absolute atomic E-state index is 12.2. The average Bonchev–Trinajstić information content (AvgIpc) is 2.42. The number of aliphatic hydroxyl groups is 1. The minimum atomic E-state index is -3.62. The van der Waals surface area contributed by atoms with Crippen molar-refractivity contribution in [2.24, 2.45) is 0 Å². The third-order valence-corrected chi connectivity index (χ3v) is 5.16. The molecular formula is C14H19NO4S2. The number of hydrogen-bond acceptors (Lipinski definition) is 4. The fourth-order valence-corrected chi connectivity index (χ4v) is 3.56. The number of sulfonamides is 1. The number of aryl methyl sites for hydroxylation is 1. The molecule has 1 aromatic carbocycles. The molecule has 2 N–H and O–H groups in total. The van der Waals surface area contributed by atoms with Crippen LogP contribution in [0.3, 0.4) is 0 Å². The Labute approximate surface area is 128 Å². The Morgan fingerprint density at radius 1 is 1.38 bits per heavy atom. The first-order valence-electron chi connectivity index (χ1n) is 6.37. The van der Waals surface area contributed by atoms with E-state index in [1.807, 2.05) is 0 Å². The smallest absolute Gasteiger partial charge is 0.240 e. The average molecular weight is 329 g/mol. The minimum Gasteiger partial charge on any atom is -0.384 e. The van der Waals surface area contributed by atoms with Crippen LogP contribution in [0.1, 0.15) is 17.5 Å². The van der Waals surface area contributed by atoms with Crippen LogP contribution in [-0.4, -0.2) is 42.9 Å². The van der Waals surface area contributed by atoms with Crippen LogP contribution < -0.4 is 4.72 Å². The summed E-state index contributed by atoms with van der Waals surface area (Å²) >= 11 is 0. The summed E-state index contributed by atoms with van der Waals surface area (Å²) in [5.74, 6) is 5.63. The van der Waals surface area contributed by atoms with Gasteiger partial charge in [-0.25, -0.2) is 13.1 Å². The summed E-state index contributed by atoms with van der Waals surface area (Å²) in [4.78, 5) is 0.171. The van der Waals surface area contributed by atoms with E-state index >= 15 is 0 Å². The van der Waals surface area contributed by atoms with Crippen LogP contribution in [0.2, 0.25) is 0 Å². The molecule has 0 amide bonds. The van der Waals surface area contributed by atoms with E-state index in [9.17, 15) is 12.6 Å². The van der Waals surface area contributed by atoms with Gasteiger partial charge in [-0.2, -0.15) is 0 Å². The molecule has 1 aromatic rings. The first-order valence-corrected chi connectivity index (χ1v) is 9.58. The highest BCUT2D eigenvalue weighted by Gasteiger charge is 2.16. The molecule has 0 spiro atoms. The molecule has 0 aromatic heterocycles. The summed E-state index contributed by atoms with van der Waals surface area (Å²) in [7, 11) is -4.54. The van der Waals surface area contributed by atoms with Crippen molar-refractivity contribution < 1.29 is 17.7 Å². The lowest BCUT2D eigenvalue weighted by molar-refractivity contribution is 0.350. The largest absolute Gasteiger partial charge is 0.384 e. The number of benzene rings is 1. The van der Waals surface area contributed by atoms with Crippen molar-refractivity contribution in [1.82, 2.24) is 4.72 Å². The monoisotopic (exact) mass is 329 g/mol. The lowest BCUT2D eigenvalue weighted by Gasteiger charge is -2.09. The SMILES string of the molecule is Cc1ccc(C#CCO)cc1S(=O)(=O)NCCCS(C)=O. The van der Waals surface area contributed by atoms with Crippen LogP contribution >= 0.6 is 0 Å². The summed E-state index contributed by atoms with van der Waals surface area (Å²) in [5.41, 5.74) is 1.15. The lowest BCUT2D eigenvalue weighted by Crippen LogP contribution is -2.26. The van der Waals surface area contributed by atoms with E-state index < -0.39 is 20.8 Å². The second-order valence-corrected chi connectivity index (χ2v) is 7.76. The zero-order valence-electron chi connectivity index (χ0n) is 12.0. The maximum atomic E-state index is 12.2. The predicted octanol–water partition coefficient (Wildman–Crippen LogP) is 0.386. The van der Waals surface area contributed by atoms with Gasteiger partial charge < -0.3 is 5.11 Å². The van der Waals surface area contributed by atoms with Gasteiger partial charge in [0.2, 0.25) is 10.0 Å². The topological polar surface area (TPSA) is 83.5 Å². The molecule has 0 saturated carbocycles. The number of aliphatic hydroxyl groups excluding tert-OH is 1. The Kier molecular flexibility index (Phi) is 7.05. The van der Waals surface area contributed by atoms with Gasteiger partial charge in [-0.1, -0.05) is 17.9 Å². The van der Waals surface area contributed by atoms with Crippen LogP contribution in [0.4, 0.5) is 0 Å². The van der Waals surface area contributed by atoms with Crippen molar-refractivity contribution in [3.63, 3.8) is 0 Å². The Bertz CT molecular complexity index is 672. The molecule has 7 heteroatoms.